The van der Waals surface area contributed by atoms with Gasteiger partial charge in [0.25, 0.3) is 0 Å². The van der Waals surface area contributed by atoms with Crippen LogP contribution >= 0.6 is 0 Å². The van der Waals surface area contributed by atoms with Crippen molar-refractivity contribution < 1.29 is 9.53 Å². The lowest BCUT2D eigenvalue weighted by atomic mass is 10.0. The molecule has 0 spiro atoms. The molecule has 2 aliphatic heterocycles. The van der Waals surface area contributed by atoms with Crippen molar-refractivity contribution in [1.29, 1.82) is 0 Å². The zero-order valence-corrected chi connectivity index (χ0v) is 10.8. The highest BCUT2D eigenvalue weighted by Gasteiger charge is 2.24. The molecule has 0 aromatic carbocycles. The number of piperazine rings is 1. The number of nitrogens with zero attached hydrogens (tertiary/aromatic N) is 3. The van der Waals surface area contributed by atoms with Gasteiger partial charge in [-0.2, -0.15) is 9.78 Å². The number of anilines is 1. The van der Waals surface area contributed by atoms with Crippen LogP contribution in [0.2, 0.25) is 0 Å². The molecule has 7 nitrogen and oxygen atoms in total. The maximum absolute atomic E-state index is 11.5. The van der Waals surface area contributed by atoms with Gasteiger partial charge in [-0.05, 0) is 6.42 Å². The lowest BCUT2D eigenvalue weighted by molar-refractivity contribution is -0.0316. The summed E-state index contributed by atoms with van der Waals surface area (Å²) in [5.74, 6) is 1.33. The fourth-order valence-electron chi connectivity index (χ4n) is 2.50. The first-order chi connectivity index (χ1) is 9.24. The number of ether oxygens (including phenoxy) is 1. The Bertz CT molecular complexity index is 463. The molecule has 2 aliphatic rings. The van der Waals surface area contributed by atoms with E-state index in [4.69, 9.17) is 10.5 Å². The Morgan fingerprint density at radius 2 is 2.21 bits per heavy atom. The molecule has 104 valence electrons. The van der Waals surface area contributed by atoms with Crippen LogP contribution in [-0.2, 0) is 11.2 Å². The van der Waals surface area contributed by atoms with Crippen molar-refractivity contribution in [3.8, 4) is 0 Å². The third-order valence-electron chi connectivity index (χ3n) is 3.60. The van der Waals surface area contributed by atoms with Crippen molar-refractivity contribution in [3.63, 3.8) is 0 Å². The minimum atomic E-state index is -0.523. The lowest BCUT2D eigenvalue weighted by Gasteiger charge is -2.28. The molecule has 0 aliphatic carbocycles. The van der Waals surface area contributed by atoms with Gasteiger partial charge in [0.15, 0.2) is 0 Å². The van der Waals surface area contributed by atoms with Crippen molar-refractivity contribution in [2.45, 2.75) is 6.42 Å². The molecule has 1 aromatic heterocycles. The molecule has 3 rings (SSSR count). The summed E-state index contributed by atoms with van der Waals surface area (Å²) in [6.45, 7) is 5.13. The average Bonchev–Trinajstić information content (AvgIpc) is 2.79. The summed E-state index contributed by atoms with van der Waals surface area (Å²) in [5, 5.41) is 7.62. The monoisotopic (exact) mass is 265 g/mol. The maximum atomic E-state index is 11.5. The van der Waals surface area contributed by atoms with Gasteiger partial charge in [0.1, 0.15) is 5.82 Å². The normalized spacial score (nSPS) is 20.3. The van der Waals surface area contributed by atoms with Crippen LogP contribution in [0.25, 0.3) is 0 Å². The van der Waals surface area contributed by atoms with Crippen molar-refractivity contribution in [2.24, 2.45) is 11.7 Å². The molecule has 0 atom stereocenters. The van der Waals surface area contributed by atoms with Gasteiger partial charge in [-0.3, -0.25) is 0 Å². The summed E-state index contributed by atoms with van der Waals surface area (Å²) < 4.78 is 6.48. The summed E-state index contributed by atoms with van der Waals surface area (Å²) in [5.41, 5.74) is 6.32. The second-order valence-electron chi connectivity index (χ2n) is 5.09. The first-order valence-electron chi connectivity index (χ1n) is 6.66. The first-order valence-corrected chi connectivity index (χ1v) is 6.66. The van der Waals surface area contributed by atoms with Gasteiger partial charge in [-0.25, -0.2) is 4.79 Å². The highest BCUT2D eigenvalue weighted by molar-refractivity contribution is 5.78. The van der Waals surface area contributed by atoms with Crippen LogP contribution in [0.4, 0.5) is 10.6 Å². The molecule has 0 bridgehead atoms. The molecule has 1 aromatic rings. The fourth-order valence-corrected chi connectivity index (χ4v) is 2.50. The minimum absolute atomic E-state index is 0.520. The Balaban J connectivity index is 1.81. The Morgan fingerprint density at radius 1 is 1.47 bits per heavy atom. The third-order valence-corrected chi connectivity index (χ3v) is 3.60. The molecule has 1 amide bonds. The van der Waals surface area contributed by atoms with Crippen molar-refractivity contribution >= 4 is 11.8 Å². The lowest BCUT2D eigenvalue weighted by Crippen LogP contribution is -2.45. The molecule has 7 heteroatoms. The number of aromatic nitrogens is 2. The van der Waals surface area contributed by atoms with Crippen molar-refractivity contribution in [3.05, 3.63) is 11.8 Å². The molecule has 0 unspecified atom stereocenters. The van der Waals surface area contributed by atoms with Crippen LogP contribution in [-0.4, -0.2) is 55.2 Å². The predicted molar refractivity (Wildman–Crippen MR) is 70.3 cm³/mol. The average molecular weight is 265 g/mol. The van der Waals surface area contributed by atoms with Crippen LogP contribution in [0.15, 0.2) is 6.07 Å². The number of nitrogens with two attached hydrogens (primary N) is 1. The van der Waals surface area contributed by atoms with E-state index in [0.717, 1.165) is 57.3 Å². The highest BCUT2D eigenvalue weighted by atomic mass is 16.5. The Labute approximate surface area is 111 Å². The van der Waals surface area contributed by atoms with Gasteiger partial charge in [-0.15, -0.1) is 0 Å². The molecule has 0 radical (unpaired) electrons. The number of hydrogen-bond acceptors (Lipinski definition) is 5. The molecular weight excluding hydrogens is 246 g/mol. The summed E-state index contributed by atoms with van der Waals surface area (Å²) in [7, 11) is 0. The van der Waals surface area contributed by atoms with E-state index in [9.17, 15) is 4.79 Å². The third kappa shape index (κ3) is 2.57. The minimum Gasteiger partial charge on any atom is -0.381 e. The van der Waals surface area contributed by atoms with Gasteiger partial charge in [0.05, 0.1) is 18.9 Å². The van der Waals surface area contributed by atoms with E-state index >= 15 is 0 Å². The van der Waals surface area contributed by atoms with E-state index in [1.54, 1.807) is 0 Å². The summed E-state index contributed by atoms with van der Waals surface area (Å²) >= 11 is 0. The molecule has 19 heavy (non-hydrogen) atoms. The second kappa shape index (κ2) is 5.18. The number of rotatable bonds is 3. The van der Waals surface area contributed by atoms with E-state index in [1.807, 2.05) is 6.07 Å². The SMILES string of the molecule is NC(=O)n1nc(CC2COC2)cc1N1CCNCC1. The quantitative estimate of drug-likeness (QED) is 0.763. The van der Waals surface area contributed by atoms with E-state index in [1.165, 1.54) is 4.68 Å². The van der Waals surface area contributed by atoms with Crippen molar-refractivity contribution in [2.75, 3.05) is 44.3 Å². The predicted octanol–water partition coefficient (Wildman–Crippen LogP) is -0.592. The van der Waals surface area contributed by atoms with Gasteiger partial charge in [0, 0.05) is 38.2 Å². The fraction of sp³-hybridized carbons (Fsp3) is 0.667. The van der Waals surface area contributed by atoms with E-state index in [-0.39, 0.29) is 0 Å². The topological polar surface area (TPSA) is 85.4 Å². The zero-order valence-electron chi connectivity index (χ0n) is 10.8. The zero-order chi connectivity index (χ0) is 13.2. The Kier molecular flexibility index (Phi) is 3.39. The molecule has 0 saturated carbocycles. The summed E-state index contributed by atoms with van der Waals surface area (Å²) in [6, 6.07) is 1.46. The molecule has 3 heterocycles. The number of carbonyl (C=O) groups is 1. The summed E-state index contributed by atoms with van der Waals surface area (Å²) in [6.07, 6.45) is 0.847. The summed E-state index contributed by atoms with van der Waals surface area (Å²) in [4.78, 5) is 13.7. The Morgan fingerprint density at radius 3 is 2.79 bits per heavy atom. The molecule has 3 N–H and O–H groups in total. The number of nitrogens with one attached hydrogen (secondary N) is 1. The Hall–Kier alpha value is -1.60. The largest absolute Gasteiger partial charge is 0.381 e. The molecular formula is C12H19N5O2. The van der Waals surface area contributed by atoms with Gasteiger partial charge in [0.2, 0.25) is 0 Å². The van der Waals surface area contributed by atoms with Crippen LogP contribution in [0.1, 0.15) is 5.69 Å². The van der Waals surface area contributed by atoms with Crippen molar-refractivity contribution in [1.82, 2.24) is 15.1 Å². The van der Waals surface area contributed by atoms with Crippen LogP contribution in [0.5, 0.6) is 0 Å². The van der Waals surface area contributed by atoms with Crippen LogP contribution < -0.4 is 16.0 Å². The number of primary amides is 1. The van der Waals surface area contributed by atoms with Crippen LogP contribution in [0, 0.1) is 5.92 Å². The van der Waals surface area contributed by atoms with Gasteiger partial charge >= 0.3 is 6.03 Å². The standard InChI is InChI=1S/C12H19N5O2/c13-12(18)17-11(16-3-1-14-2-4-16)6-10(15-17)5-9-7-19-8-9/h6,9,14H,1-5,7-8H2,(H2,13,18). The van der Waals surface area contributed by atoms with Crippen LogP contribution in [0.3, 0.4) is 0 Å². The van der Waals surface area contributed by atoms with Gasteiger partial charge in [-0.1, -0.05) is 0 Å². The van der Waals surface area contributed by atoms with E-state index in [2.05, 4.69) is 15.3 Å². The van der Waals surface area contributed by atoms with Gasteiger partial charge < -0.3 is 20.7 Å². The number of amides is 1. The maximum Gasteiger partial charge on any atom is 0.341 e. The van der Waals surface area contributed by atoms with E-state index in [0.29, 0.717) is 5.92 Å². The highest BCUT2D eigenvalue weighted by Crippen LogP contribution is 2.21. The molecule has 2 saturated heterocycles. The smallest absolute Gasteiger partial charge is 0.341 e. The van der Waals surface area contributed by atoms with E-state index < -0.39 is 6.03 Å². The number of carbonyl (C=O) groups excluding carboxylic acids is 1. The molecule has 2 fully saturated rings. The second-order valence-corrected chi connectivity index (χ2v) is 5.09. The number of hydrogen-bond donors (Lipinski definition) is 2. The first kappa shape index (κ1) is 12.4.